The minimum absolute atomic E-state index is 0.000497. The standard InChI is InChI=1S/C21H28O6/c1-19-8-15(24)14(23)7-11(19)3-4-12-13-5-6-21(27,17(26)10-22)20(13,2)9-16(25)18(12)19/h7,12-13,15,18,22,24,27H,3-6,8-10H2,1-2H3/t12-,13-,15-,18+,19-,20-,21-/m0/s1. The molecule has 3 N–H and O–H groups in total. The van der Waals surface area contributed by atoms with Crippen molar-refractivity contribution < 1.29 is 29.7 Å². The van der Waals surface area contributed by atoms with E-state index in [1.54, 1.807) is 0 Å². The molecule has 3 saturated carbocycles. The van der Waals surface area contributed by atoms with Gasteiger partial charge in [-0.25, -0.2) is 0 Å². The summed E-state index contributed by atoms with van der Waals surface area (Å²) in [5, 5.41) is 30.7. The summed E-state index contributed by atoms with van der Waals surface area (Å²) in [6.45, 7) is 3.07. The van der Waals surface area contributed by atoms with Crippen LogP contribution in [0.25, 0.3) is 0 Å². The molecule has 0 aliphatic heterocycles. The molecule has 4 aliphatic carbocycles. The predicted molar refractivity (Wildman–Crippen MR) is 95.5 cm³/mol. The molecule has 6 nitrogen and oxygen atoms in total. The molecule has 0 bridgehead atoms. The Kier molecular flexibility index (Phi) is 4.09. The minimum atomic E-state index is -1.66. The van der Waals surface area contributed by atoms with Crippen LogP contribution >= 0.6 is 0 Å². The van der Waals surface area contributed by atoms with Crippen LogP contribution in [0.4, 0.5) is 0 Å². The summed E-state index contributed by atoms with van der Waals surface area (Å²) in [7, 11) is 0. The van der Waals surface area contributed by atoms with Crippen molar-refractivity contribution >= 4 is 17.3 Å². The molecule has 0 heterocycles. The Hall–Kier alpha value is -1.37. The fourth-order valence-corrected chi connectivity index (χ4v) is 7.04. The van der Waals surface area contributed by atoms with Gasteiger partial charge in [0.1, 0.15) is 24.1 Å². The highest BCUT2D eigenvalue weighted by Gasteiger charge is 2.68. The van der Waals surface area contributed by atoms with Gasteiger partial charge < -0.3 is 15.3 Å². The molecule has 148 valence electrons. The van der Waals surface area contributed by atoms with Crippen LogP contribution in [-0.4, -0.2) is 51.0 Å². The van der Waals surface area contributed by atoms with Gasteiger partial charge >= 0.3 is 0 Å². The Morgan fingerprint density at radius 1 is 1.26 bits per heavy atom. The van der Waals surface area contributed by atoms with Gasteiger partial charge in [0.25, 0.3) is 0 Å². The first kappa shape index (κ1) is 19.0. The summed E-state index contributed by atoms with van der Waals surface area (Å²) in [5.74, 6) is -1.16. The molecule has 0 radical (unpaired) electrons. The number of aliphatic hydroxyl groups is 3. The first-order valence-electron chi connectivity index (χ1n) is 9.91. The van der Waals surface area contributed by atoms with E-state index in [0.29, 0.717) is 12.8 Å². The highest BCUT2D eigenvalue weighted by molar-refractivity contribution is 5.96. The van der Waals surface area contributed by atoms with Gasteiger partial charge in [-0.05, 0) is 50.0 Å². The Balaban J connectivity index is 1.75. The Bertz CT molecular complexity index is 756. The normalized spacial score (nSPS) is 49.1. The number of Topliss-reactive ketones (excluding diaryl/α,β-unsaturated/α-hetero) is 2. The lowest BCUT2D eigenvalue weighted by Crippen LogP contribution is -2.61. The molecule has 0 aromatic rings. The van der Waals surface area contributed by atoms with Crippen molar-refractivity contribution in [2.75, 3.05) is 6.61 Å². The van der Waals surface area contributed by atoms with Crippen LogP contribution in [0.5, 0.6) is 0 Å². The minimum Gasteiger partial charge on any atom is -0.388 e. The molecule has 0 aromatic carbocycles. The molecule has 0 saturated heterocycles. The van der Waals surface area contributed by atoms with Gasteiger partial charge in [-0.3, -0.25) is 14.4 Å². The van der Waals surface area contributed by atoms with E-state index in [0.717, 1.165) is 12.0 Å². The summed E-state index contributed by atoms with van der Waals surface area (Å²) >= 11 is 0. The highest BCUT2D eigenvalue weighted by Crippen LogP contribution is 2.66. The monoisotopic (exact) mass is 376 g/mol. The molecule has 4 aliphatic rings. The van der Waals surface area contributed by atoms with Gasteiger partial charge in [0.15, 0.2) is 11.6 Å². The second-order valence-corrected chi connectivity index (χ2v) is 9.54. The van der Waals surface area contributed by atoms with Crippen LogP contribution in [0.3, 0.4) is 0 Å². The van der Waals surface area contributed by atoms with Gasteiger partial charge in [-0.2, -0.15) is 0 Å². The number of carbonyl (C=O) groups is 3. The molecule has 4 rings (SSSR count). The van der Waals surface area contributed by atoms with E-state index in [-0.39, 0.29) is 48.6 Å². The van der Waals surface area contributed by atoms with E-state index < -0.39 is 34.9 Å². The number of allylic oxidation sites excluding steroid dienone is 1. The highest BCUT2D eigenvalue weighted by atomic mass is 16.3. The maximum absolute atomic E-state index is 13.3. The topological polar surface area (TPSA) is 112 Å². The zero-order valence-corrected chi connectivity index (χ0v) is 15.9. The summed E-state index contributed by atoms with van der Waals surface area (Å²) in [6, 6.07) is 0. The summed E-state index contributed by atoms with van der Waals surface area (Å²) in [4.78, 5) is 37.6. The number of aliphatic hydroxyl groups excluding tert-OH is 2. The van der Waals surface area contributed by atoms with Crippen molar-refractivity contribution in [1.29, 1.82) is 0 Å². The first-order chi connectivity index (χ1) is 12.6. The van der Waals surface area contributed by atoms with Crippen LogP contribution in [0.1, 0.15) is 52.4 Å². The molecular formula is C21H28O6. The fraction of sp³-hybridized carbons (Fsp3) is 0.762. The number of carbonyl (C=O) groups excluding carboxylic acids is 3. The Morgan fingerprint density at radius 3 is 2.63 bits per heavy atom. The number of fused-ring (bicyclic) bond motifs is 5. The Labute approximate surface area is 158 Å². The molecule has 0 aromatic heterocycles. The molecule has 0 unspecified atom stereocenters. The third-order valence-corrected chi connectivity index (χ3v) is 8.45. The van der Waals surface area contributed by atoms with Gasteiger partial charge in [-0.15, -0.1) is 0 Å². The van der Waals surface area contributed by atoms with Crippen LogP contribution in [0.15, 0.2) is 11.6 Å². The SMILES string of the molecule is C[C@]12C[C@H](O)C(=O)C=C1CC[C@@H]1[C@@H]2C(=O)C[C@@]2(C)[C@H]1CC[C@]2(O)C(=O)CO. The summed E-state index contributed by atoms with van der Waals surface area (Å²) in [6.07, 6.45) is 3.16. The first-order valence-corrected chi connectivity index (χ1v) is 9.91. The largest absolute Gasteiger partial charge is 0.388 e. The van der Waals surface area contributed by atoms with E-state index >= 15 is 0 Å². The van der Waals surface area contributed by atoms with Crippen molar-refractivity contribution in [2.24, 2.45) is 28.6 Å². The second-order valence-electron chi connectivity index (χ2n) is 9.54. The molecule has 0 spiro atoms. The van der Waals surface area contributed by atoms with E-state index in [9.17, 15) is 29.7 Å². The van der Waals surface area contributed by atoms with Crippen molar-refractivity contribution in [2.45, 2.75) is 64.1 Å². The van der Waals surface area contributed by atoms with E-state index in [4.69, 9.17) is 0 Å². The summed E-state index contributed by atoms with van der Waals surface area (Å²) in [5.41, 5.74) is -2.12. The lowest BCUT2D eigenvalue weighted by atomic mass is 9.45. The molecule has 7 atom stereocenters. The van der Waals surface area contributed by atoms with Crippen LogP contribution < -0.4 is 0 Å². The molecule has 0 amide bonds. The third-order valence-electron chi connectivity index (χ3n) is 8.45. The maximum Gasteiger partial charge on any atom is 0.190 e. The van der Waals surface area contributed by atoms with Crippen molar-refractivity contribution in [1.82, 2.24) is 0 Å². The summed E-state index contributed by atoms with van der Waals surface area (Å²) < 4.78 is 0. The maximum atomic E-state index is 13.3. The van der Waals surface area contributed by atoms with Gasteiger partial charge in [0, 0.05) is 23.2 Å². The van der Waals surface area contributed by atoms with Crippen molar-refractivity contribution in [3.05, 3.63) is 11.6 Å². The quantitative estimate of drug-likeness (QED) is 0.662. The number of hydrogen-bond acceptors (Lipinski definition) is 6. The Morgan fingerprint density at radius 2 is 1.96 bits per heavy atom. The second kappa shape index (κ2) is 5.82. The fourth-order valence-electron chi connectivity index (χ4n) is 7.04. The van der Waals surface area contributed by atoms with Crippen molar-refractivity contribution in [3.63, 3.8) is 0 Å². The van der Waals surface area contributed by atoms with E-state index in [1.165, 1.54) is 6.08 Å². The van der Waals surface area contributed by atoms with E-state index in [1.807, 2.05) is 13.8 Å². The van der Waals surface area contributed by atoms with Gasteiger partial charge in [0.2, 0.25) is 0 Å². The number of hydrogen-bond donors (Lipinski definition) is 3. The van der Waals surface area contributed by atoms with Crippen molar-refractivity contribution in [3.8, 4) is 0 Å². The number of ketones is 3. The van der Waals surface area contributed by atoms with Gasteiger partial charge in [-0.1, -0.05) is 19.4 Å². The molecular weight excluding hydrogens is 348 g/mol. The zero-order valence-electron chi connectivity index (χ0n) is 15.9. The molecule has 3 fully saturated rings. The van der Waals surface area contributed by atoms with E-state index in [2.05, 4.69) is 0 Å². The van der Waals surface area contributed by atoms with Crippen LogP contribution in [0, 0.1) is 28.6 Å². The lowest BCUT2D eigenvalue weighted by molar-refractivity contribution is -0.171. The molecule has 6 heteroatoms. The third kappa shape index (κ3) is 2.26. The van der Waals surface area contributed by atoms with Gasteiger partial charge in [0.05, 0.1) is 0 Å². The number of rotatable bonds is 2. The average Bonchev–Trinajstić information content (AvgIpc) is 2.87. The average molecular weight is 376 g/mol. The smallest absolute Gasteiger partial charge is 0.190 e. The lowest BCUT2D eigenvalue weighted by Gasteiger charge is -2.58. The van der Waals surface area contributed by atoms with Crippen LogP contribution in [-0.2, 0) is 14.4 Å². The van der Waals surface area contributed by atoms with Crippen LogP contribution in [0.2, 0.25) is 0 Å². The zero-order chi connectivity index (χ0) is 19.8. The molecule has 27 heavy (non-hydrogen) atoms. The predicted octanol–water partition coefficient (Wildman–Crippen LogP) is 0.961.